The van der Waals surface area contributed by atoms with Gasteiger partial charge in [-0.25, -0.2) is 4.39 Å². The minimum absolute atomic E-state index is 0. The van der Waals surface area contributed by atoms with Crippen molar-refractivity contribution in [3.8, 4) is 0 Å². The summed E-state index contributed by atoms with van der Waals surface area (Å²) in [6.45, 7) is 4.23. The van der Waals surface area contributed by atoms with Crippen molar-refractivity contribution >= 4 is 46.0 Å². The van der Waals surface area contributed by atoms with Crippen molar-refractivity contribution in [1.82, 2.24) is 4.90 Å². The molecule has 124 valence electrons. The number of hydrogen-bond donors (Lipinski definition) is 1. The summed E-state index contributed by atoms with van der Waals surface area (Å²) < 4.78 is 14.4. The van der Waals surface area contributed by atoms with Gasteiger partial charge in [-0.15, -0.1) is 24.2 Å². The van der Waals surface area contributed by atoms with Crippen molar-refractivity contribution in [2.75, 3.05) is 25.4 Å². The summed E-state index contributed by atoms with van der Waals surface area (Å²) in [7, 11) is 0. The van der Waals surface area contributed by atoms with Crippen LogP contribution in [0.4, 0.5) is 4.39 Å². The van der Waals surface area contributed by atoms with Crippen LogP contribution in [0, 0.1) is 11.2 Å². The van der Waals surface area contributed by atoms with E-state index >= 15 is 0 Å². The van der Waals surface area contributed by atoms with Gasteiger partial charge in [0, 0.05) is 23.3 Å². The predicted molar refractivity (Wildman–Crippen MR) is 95.9 cm³/mol. The lowest BCUT2D eigenvalue weighted by molar-refractivity contribution is -0.127. The maximum Gasteiger partial charge on any atom is 0.232 e. The minimum atomic E-state index is -0.235. The fourth-order valence-electron chi connectivity index (χ4n) is 2.38. The number of carbonyl (C=O) groups is 1. The Kier molecular flexibility index (Phi) is 7.65. The topological polar surface area (TPSA) is 46.3 Å². The number of nitrogens with two attached hydrogens (primary N) is 1. The van der Waals surface area contributed by atoms with E-state index in [1.165, 1.54) is 17.8 Å². The van der Waals surface area contributed by atoms with E-state index in [0.717, 1.165) is 24.0 Å². The van der Waals surface area contributed by atoms with E-state index in [-0.39, 0.29) is 29.5 Å². The van der Waals surface area contributed by atoms with Crippen molar-refractivity contribution in [2.45, 2.75) is 19.1 Å². The molecule has 1 aromatic carbocycles. The largest absolute Gasteiger partial charge is 0.341 e. The van der Waals surface area contributed by atoms with Gasteiger partial charge < -0.3 is 10.6 Å². The fraction of sp³-hybridized carbons (Fsp3) is 0.533. The molecule has 0 saturated carbocycles. The molecule has 1 amide bonds. The molecule has 1 unspecified atom stereocenters. The van der Waals surface area contributed by atoms with Gasteiger partial charge in [0.05, 0.1) is 5.75 Å². The smallest absolute Gasteiger partial charge is 0.232 e. The van der Waals surface area contributed by atoms with Gasteiger partial charge >= 0.3 is 0 Å². The Labute approximate surface area is 149 Å². The van der Waals surface area contributed by atoms with Gasteiger partial charge in [-0.05, 0) is 36.1 Å². The molecular weight excluding hydrogens is 391 g/mol. The third kappa shape index (κ3) is 5.11. The van der Waals surface area contributed by atoms with E-state index in [1.807, 2.05) is 11.0 Å². The molecule has 3 nitrogen and oxygen atoms in total. The molecule has 1 fully saturated rings. The summed E-state index contributed by atoms with van der Waals surface area (Å²) in [5.41, 5.74) is 6.43. The van der Waals surface area contributed by atoms with Crippen molar-refractivity contribution in [3.05, 3.63) is 34.1 Å². The van der Waals surface area contributed by atoms with Gasteiger partial charge in [-0.1, -0.05) is 28.9 Å². The molecule has 1 heterocycles. The van der Waals surface area contributed by atoms with Crippen LogP contribution in [-0.2, 0) is 10.5 Å². The second-order valence-corrected chi connectivity index (χ2v) is 7.71. The third-order valence-electron chi connectivity index (χ3n) is 3.90. The van der Waals surface area contributed by atoms with Gasteiger partial charge in [0.2, 0.25) is 5.91 Å². The Morgan fingerprint density at radius 3 is 2.86 bits per heavy atom. The van der Waals surface area contributed by atoms with Gasteiger partial charge in [0.25, 0.3) is 0 Å². The number of likely N-dealkylation sites (tertiary alicyclic amines) is 1. The van der Waals surface area contributed by atoms with Crippen LogP contribution < -0.4 is 5.73 Å². The average Bonchev–Trinajstić information content (AvgIpc) is 2.85. The minimum Gasteiger partial charge on any atom is -0.341 e. The molecule has 0 radical (unpaired) electrons. The lowest BCUT2D eigenvalue weighted by Crippen LogP contribution is -2.35. The predicted octanol–water partition coefficient (Wildman–Crippen LogP) is 3.44. The number of amides is 1. The molecule has 1 aliphatic heterocycles. The van der Waals surface area contributed by atoms with Crippen LogP contribution in [0.25, 0.3) is 0 Å². The molecule has 0 spiro atoms. The van der Waals surface area contributed by atoms with Gasteiger partial charge in [-0.3, -0.25) is 4.79 Å². The van der Waals surface area contributed by atoms with Crippen molar-refractivity contribution in [3.63, 3.8) is 0 Å². The SMILES string of the molecule is CC1(CN)CCN(C(=O)CSCc2ccc(Br)cc2F)C1.Cl. The first kappa shape index (κ1) is 19.7. The molecule has 1 atom stereocenters. The van der Waals surface area contributed by atoms with Crippen LogP contribution in [0.3, 0.4) is 0 Å². The molecule has 2 N–H and O–H groups in total. The highest BCUT2D eigenvalue weighted by atomic mass is 79.9. The fourth-order valence-corrected chi connectivity index (χ4v) is 3.63. The maximum absolute atomic E-state index is 13.7. The lowest BCUT2D eigenvalue weighted by Gasteiger charge is -2.22. The van der Waals surface area contributed by atoms with Crippen molar-refractivity contribution in [1.29, 1.82) is 0 Å². The van der Waals surface area contributed by atoms with Crippen LogP contribution in [0.1, 0.15) is 18.9 Å². The van der Waals surface area contributed by atoms with Crippen molar-refractivity contribution < 1.29 is 9.18 Å². The van der Waals surface area contributed by atoms with E-state index in [1.54, 1.807) is 6.07 Å². The highest BCUT2D eigenvalue weighted by Crippen LogP contribution is 2.29. The van der Waals surface area contributed by atoms with E-state index in [9.17, 15) is 9.18 Å². The summed E-state index contributed by atoms with van der Waals surface area (Å²) in [5, 5.41) is 0. The van der Waals surface area contributed by atoms with Gasteiger partial charge in [0.1, 0.15) is 5.82 Å². The quantitative estimate of drug-likeness (QED) is 0.807. The molecule has 0 aromatic heterocycles. The summed E-state index contributed by atoms with van der Waals surface area (Å²) >= 11 is 4.68. The molecule has 1 aliphatic rings. The Morgan fingerprint density at radius 2 is 2.27 bits per heavy atom. The van der Waals surface area contributed by atoms with E-state index in [0.29, 0.717) is 23.6 Å². The first-order valence-corrected chi connectivity index (χ1v) is 8.88. The summed E-state index contributed by atoms with van der Waals surface area (Å²) in [6.07, 6.45) is 0.960. The Bertz CT molecular complexity index is 534. The third-order valence-corrected chi connectivity index (χ3v) is 5.36. The number of hydrogen-bond acceptors (Lipinski definition) is 3. The average molecular weight is 412 g/mol. The number of nitrogens with zero attached hydrogens (tertiary/aromatic N) is 1. The van der Waals surface area contributed by atoms with Crippen LogP contribution in [0.2, 0.25) is 0 Å². The molecule has 1 aromatic rings. The van der Waals surface area contributed by atoms with Crippen LogP contribution in [-0.4, -0.2) is 36.2 Å². The standard InChI is InChI=1S/C15H20BrFN2OS.ClH/c1-15(9-18)4-5-19(10-15)14(20)8-21-7-11-2-3-12(16)6-13(11)17;/h2-3,6H,4-5,7-10,18H2,1H3;1H. The zero-order valence-electron chi connectivity index (χ0n) is 12.5. The molecular formula is C15H21BrClFN2OS. The number of benzene rings is 1. The van der Waals surface area contributed by atoms with Crippen LogP contribution >= 0.6 is 40.1 Å². The summed E-state index contributed by atoms with van der Waals surface area (Å²) in [5.74, 6) is 0.777. The van der Waals surface area contributed by atoms with E-state index in [4.69, 9.17) is 5.73 Å². The molecule has 2 rings (SSSR count). The van der Waals surface area contributed by atoms with Crippen LogP contribution in [0.5, 0.6) is 0 Å². The molecule has 0 aliphatic carbocycles. The van der Waals surface area contributed by atoms with E-state index in [2.05, 4.69) is 22.9 Å². The first-order valence-electron chi connectivity index (χ1n) is 6.93. The number of halogens is 3. The molecule has 1 saturated heterocycles. The summed E-state index contributed by atoms with van der Waals surface area (Å²) in [4.78, 5) is 14.0. The monoisotopic (exact) mass is 410 g/mol. The highest BCUT2D eigenvalue weighted by molar-refractivity contribution is 9.10. The number of rotatable bonds is 5. The highest BCUT2D eigenvalue weighted by Gasteiger charge is 2.34. The summed E-state index contributed by atoms with van der Waals surface area (Å²) in [6, 6.07) is 5.01. The van der Waals surface area contributed by atoms with Gasteiger partial charge in [-0.2, -0.15) is 0 Å². The zero-order valence-corrected chi connectivity index (χ0v) is 15.7. The Morgan fingerprint density at radius 1 is 1.55 bits per heavy atom. The zero-order chi connectivity index (χ0) is 15.5. The number of thioether (sulfide) groups is 1. The second-order valence-electron chi connectivity index (χ2n) is 5.81. The Balaban J connectivity index is 0.00000242. The van der Waals surface area contributed by atoms with Gasteiger partial charge in [0.15, 0.2) is 0 Å². The molecule has 22 heavy (non-hydrogen) atoms. The van der Waals surface area contributed by atoms with Crippen LogP contribution in [0.15, 0.2) is 22.7 Å². The number of carbonyl (C=O) groups excluding carboxylic acids is 1. The molecule has 0 bridgehead atoms. The first-order chi connectivity index (χ1) is 9.93. The lowest BCUT2D eigenvalue weighted by atomic mass is 9.90. The maximum atomic E-state index is 13.7. The Hall–Kier alpha value is -0.300. The van der Waals surface area contributed by atoms with E-state index < -0.39 is 0 Å². The second kappa shape index (κ2) is 8.52. The normalized spacial score (nSPS) is 20.8. The van der Waals surface area contributed by atoms with Crippen molar-refractivity contribution in [2.24, 2.45) is 11.1 Å². The molecule has 7 heteroatoms.